The molecule has 1 aromatic rings. The number of amides is 1. The Morgan fingerprint density at radius 3 is 2.42 bits per heavy atom. The van der Waals surface area contributed by atoms with Crippen molar-refractivity contribution in [3.8, 4) is 6.07 Å². The number of hydrogen-bond donors (Lipinski definition) is 0. The second-order valence-electron chi connectivity index (χ2n) is 5.25. The van der Waals surface area contributed by atoms with Crippen molar-refractivity contribution in [1.29, 1.82) is 5.26 Å². The van der Waals surface area contributed by atoms with E-state index in [-0.39, 0.29) is 11.7 Å². The quantitative estimate of drug-likeness (QED) is 0.365. The van der Waals surface area contributed by atoms with E-state index in [9.17, 15) is 22.8 Å². The van der Waals surface area contributed by atoms with Gasteiger partial charge in [0.1, 0.15) is 0 Å². The molecule has 0 radical (unpaired) electrons. The molecule has 24 heavy (non-hydrogen) atoms. The second-order valence-corrected chi connectivity index (χ2v) is 5.25. The Labute approximate surface area is 134 Å². The summed E-state index contributed by atoms with van der Waals surface area (Å²) in [5.74, 6) is -1.79. The fourth-order valence-corrected chi connectivity index (χ4v) is 2.22. The van der Waals surface area contributed by atoms with Gasteiger partial charge in [-0.15, -0.1) is 0 Å². The summed E-state index contributed by atoms with van der Waals surface area (Å²) in [6, 6.07) is 3.91. The summed E-state index contributed by atoms with van der Waals surface area (Å²) in [6.07, 6.45) is -3.68. The van der Waals surface area contributed by atoms with E-state index in [1.807, 2.05) is 0 Å². The number of nitriles is 1. The molecule has 0 N–H and O–H groups in total. The number of ketones is 1. The maximum absolute atomic E-state index is 13.1. The molecule has 124 valence electrons. The number of Topliss-reactive ketones (excluding diaryl/α,β-unsaturated/α-hetero) is 1. The second kappa shape index (κ2) is 6.26. The Balaban J connectivity index is 2.54. The summed E-state index contributed by atoms with van der Waals surface area (Å²) in [7, 11) is 0. The first-order chi connectivity index (χ1) is 11.2. The van der Waals surface area contributed by atoms with Crippen molar-refractivity contribution < 1.29 is 27.6 Å². The molecule has 0 spiro atoms. The Hall–Kier alpha value is -2.98. The molecule has 0 aromatic heterocycles. The van der Waals surface area contributed by atoms with Crippen molar-refractivity contribution in [2.75, 3.05) is 4.90 Å². The third-order valence-corrected chi connectivity index (χ3v) is 3.47. The molecule has 1 fully saturated rings. The lowest BCUT2D eigenvalue weighted by Gasteiger charge is -2.21. The summed E-state index contributed by atoms with van der Waals surface area (Å²) in [6.45, 7) is 1.01. The van der Waals surface area contributed by atoms with Crippen molar-refractivity contribution >= 4 is 23.1 Å². The normalized spacial score (nSPS) is 13.6. The van der Waals surface area contributed by atoms with Gasteiger partial charge in [0.2, 0.25) is 5.78 Å². The Kier molecular flexibility index (Phi) is 4.53. The molecule has 1 amide bonds. The summed E-state index contributed by atoms with van der Waals surface area (Å²) in [5.41, 5.74) is 6.20. The number of benzene rings is 1. The average molecular weight is 336 g/mol. The summed E-state index contributed by atoms with van der Waals surface area (Å²) >= 11 is 0. The van der Waals surface area contributed by atoms with Gasteiger partial charge in [0.05, 0.1) is 17.2 Å². The minimum absolute atomic E-state index is 0.115. The van der Waals surface area contributed by atoms with E-state index in [1.165, 1.54) is 12.1 Å². The molecule has 1 aliphatic carbocycles. The lowest BCUT2D eigenvalue weighted by atomic mass is 10.1. The van der Waals surface area contributed by atoms with E-state index in [2.05, 4.69) is 4.79 Å². The van der Waals surface area contributed by atoms with E-state index in [4.69, 9.17) is 10.8 Å². The van der Waals surface area contributed by atoms with Crippen LogP contribution in [0.1, 0.15) is 30.9 Å². The lowest BCUT2D eigenvalue weighted by molar-refractivity contribution is -0.137. The zero-order chi connectivity index (χ0) is 18.1. The number of hydrogen-bond acceptors (Lipinski definition) is 3. The molecule has 9 heteroatoms. The van der Waals surface area contributed by atoms with Crippen molar-refractivity contribution in [1.82, 2.24) is 0 Å². The van der Waals surface area contributed by atoms with E-state index in [0.717, 1.165) is 17.9 Å². The van der Waals surface area contributed by atoms with Crippen molar-refractivity contribution in [2.45, 2.75) is 32.0 Å². The topological polar surface area (TPSA) is 97.6 Å². The number of carbonyl (C=O) groups excluding carboxylic acids is 2. The smallest absolute Gasteiger partial charge is 0.360 e. The monoisotopic (exact) mass is 336 g/mol. The first kappa shape index (κ1) is 17.4. The molecular weight excluding hydrogens is 325 g/mol. The van der Waals surface area contributed by atoms with Crippen LogP contribution in [0.25, 0.3) is 5.53 Å². The first-order valence-electron chi connectivity index (χ1n) is 6.88. The number of alkyl halides is 3. The number of halogens is 3. The highest BCUT2D eigenvalue weighted by Crippen LogP contribution is 2.37. The highest BCUT2D eigenvalue weighted by Gasteiger charge is 2.42. The van der Waals surface area contributed by atoms with Gasteiger partial charge in [-0.2, -0.15) is 23.2 Å². The molecule has 0 bridgehead atoms. The Morgan fingerprint density at radius 2 is 2.00 bits per heavy atom. The van der Waals surface area contributed by atoms with Crippen LogP contribution in [0, 0.1) is 11.3 Å². The van der Waals surface area contributed by atoms with Crippen LogP contribution in [0.3, 0.4) is 0 Å². The molecule has 0 heterocycles. The van der Waals surface area contributed by atoms with Gasteiger partial charge in [0.15, 0.2) is 0 Å². The SMILES string of the molecule is CC(=O)C(=[N+]=[N-])C(=O)N(c1ccc(C#N)c(C(F)(F)F)c1)C1CC1. The summed E-state index contributed by atoms with van der Waals surface area (Å²) < 4.78 is 39.2. The van der Waals surface area contributed by atoms with Gasteiger partial charge in [-0.1, -0.05) is 0 Å². The van der Waals surface area contributed by atoms with Gasteiger partial charge < -0.3 is 5.53 Å². The number of anilines is 1. The Bertz CT molecular complexity index is 800. The van der Waals surface area contributed by atoms with E-state index in [0.29, 0.717) is 18.9 Å². The van der Waals surface area contributed by atoms with Crippen molar-refractivity contribution in [3.63, 3.8) is 0 Å². The van der Waals surface area contributed by atoms with Gasteiger partial charge in [-0.3, -0.25) is 14.5 Å². The van der Waals surface area contributed by atoms with E-state index < -0.39 is 34.7 Å². The largest absolute Gasteiger partial charge is 0.421 e. The van der Waals surface area contributed by atoms with Crippen LogP contribution < -0.4 is 4.90 Å². The van der Waals surface area contributed by atoms with Crippen molar-refractivity contribution in [3.05, 3.63) is 34.9 Å². The third-order valence-electron chi connectivity index (χ3n) is 3.47. The van der Waals surface area contributed by atoms with E-state index >= 15 is 0 Å². The maximum atomic E-state index is 13.1. The van der Waals surface area contributed by atoms with Crippen LogP contribution in [0.4, 0.5) is 18.9 Å². The molecule has 2 rings (SSSR count). The fraction of sp³-hybridized carbons (Fsp3) is 0.333. The predicted octanol–water partition coefficient (Wildman–Crippen LogP) is 2.33. The maximum Gasteiger partial charge on any atom is 0.421 e. The molecule has 1 aliphatic rings. The molecule has 0 saturated heterocycles. The highest BCUT2D eigenvalue weighted by molar-refractivity contribution is 6.65. The zero-order valence-corrected chi connectivity index (χ0v) is 12.5. The molecule has 1 aromatic carbocycles. The molecular formula is C15H11F3N4O2. The lowest BCUT2D eigenvalue weighted by Crippen LogP contribution is -2.41. The van der Waals surface area contributed by atoms with Crippen LogP contribution in [0.2, 0.25) is 0 Å². The van der Waals surface area contributed by atoms with Gasteiger partial charge in [-0.25, -0.2) is 0 Å². The molecule has 6 nitrogen and oxygen atoms in total. The number of rotatable bonds is 4. The van der Waals surface area contributed by atoms with Crippen molar-refractivity contribution in [2.24, 2.45) is 0 Å². The number of carbonyl (C=O) groups is 2. The van der Waals surface area contributed by atoms with Crippen LogP contribution in [0.15, 0.2) is 18.2 Å². The van der Waals surface area contributed by atoms with E-state index in [1.54, 1.807) is 0 Å². The fourth-order valence-electron chi connectivity index (χ4n) is 2.22. The highest BCUT2D eigenvalue weighted by atomic mass is 19.4. The average Bonchev–Trinajstić information content (AvgIpc) is 3.31. The standard InChI is InChI=1S/C15H11F3N4O2/c1-8(23)13(21-20)14(24)22(10-4-5-10)11-3-2-9(7-19)12(6-11)15(16,17)18/h2-3,6,10H,4-5H2,1H3. The minimum Gasteiger partial charge on any atom is -0.360 e. The summed E-state index contributed by atoms with van der Waals surface area (Å²) in [4.78, 5) is 27.4. The molecule has 0 atom stereocenters. The predicted molar refractivity (Wildman–Crippen MR) is 76.0 cm³/mol. The summed E-state index contributed by atoms with van der Waals surface area (Å²) in [5, 5.41) is 8.81. The number of nitrogens with zero attached hydrogens (tertiary/aromatic N) is 4. The van der Waals surface area contributed by atoms with Crippen LogP contribution in [-0.2, 0) is 15.8 Å². The Morgan fingerprint density at radius 1 is 1.38 bits per heavy atom. The zero-order valence-electron chi connectivity index (χ0n) is 12.5. The third kappa shape index (κ3) is 3.34. The van der Waals surface area contributed by atoms with Gasteiger partial charge >= 0.3 is 17.8 Å². The molecule has 0 aliphatic heterocycles. The van der Waals surface area contributed by atoms with Crippen LogP contribution in [0.5, 0.6) is 0 Å². The molecule has 1 saturated carbocycles. The first-order valence-corrected chi connectivity index (χ1v) is 6.88. The van der Waals surface area contributed by atoms with Gasteiger partial charge in [0, 0.05) is 18.7 Å². The van der Waals surface area contributed by atoms with Crippen LogP contribution >= 0.6 is 0 Å². The molecule has 0 unspecified atom stereocenters. The van der Waals surface area contributed by atoms with Gasteiger partial charge in [-0.05, 0) is 31.0 Å². The minimum atomic E-state index is -4.77. The van der Waals surface area contributed by atoms with Gasteiger partial charge in [0.25, 0.3) is 0 Å². The van der Waals surface area contributed by atoms with Crippen LogP contribution in [-0.4, -0.2) is 28.2 Å².